The van der Waals surface area contributed by atoms with Gasteiger partial charge >= 0.3 is 0 Å². The molecular weight excluding hydrogens is 350 g/mol. The minimum Gasteiger partial charge on any atom is -0.293 e. The molecule has 2 bridgehead atoms. The zero-order valence-corrected chi connectivity index (χ0v) is 16.2. The zero-order chi connectivity index (χ0) is 18.7. The van der Waals surface area contributed by atoms with Gasteiger partial charge in [0, 0.05) is 23.1 Å². The summed E-state index contributed by atoms with van der Waals surface area (Å²) in [6.07, 6.45) is 10.2. The Morgan fingerprint density at radius 3 is 2.86 bits per heavy atom. The summed E-state index contributed by atoms with van der Waals surface area (Å²) in [5, 5.41) is 14.6. The Morgan fingerprint density at radius 1 is 1.14 bits per heavy atom. The molecule has 1 aromatic carbocycles. The topological polar surface area (TPSA) is 74.8 Å². The van der Waals surface area contributed by atoms with Crippen LogP contribution in [-0.4, -0.2) is 50.4 Å². The molecule has 0 spiro atoms. The maximum absolute atomic E-state index is 13.7. The molecule has 2 aromatic rings. The Hall–Kier alpha value is -2.08. The van der Waals surface area contributed by atoms with Crippen LogP contribution in [0.4, 0.5) is 0 Å². The molecule has 0 amide bonds. The van der Waals surface area contributed by atoms with E-state index in [2.05, 4.69) is 31.6 Å². The van der Waals surface area contributed by atoms with Gasteiger partial charge in [0.2, 0.25) is 5.82 Å². The van der Waals surface area contributed by atoms with Gasteiger partial charge in [-0.2, -0.15) is 5.21 Å². The lowest BCUT2D eigenvalue weighted by Gasteiger charge is -2.58. The number of ketones is 1. The van der Waals surface area contributed by atoms with E-state index in [4.69, 9.17) is 0 Å². The molecule has 4 aliphatic rings. The lowest BCUT2D eigenvalue weighted by atomic mass is 9.52. The number of aromatic amines is 1. The molecule has 0 radical (unpaired) electrons. The van der Waals surface area contributed by atoms with Gasteiger partial charge in [-0.1, -0.05) is 31.4 Å². The summed E-state index contributed by atoms with van der Waals surface area (Å²) in [7, 11) is 0. The Kier molecular flexibility index (Phi) is 3.73. The first-order valence-corrected chi connectivity index (χ1v) is 10.9. The third-order valence-electron chi connectivity index (χ3n) is 8.13. The van der Waals surface area contributed by atoms with E-state index in [-0.39, 0.29) is 11.5 Å². The number of Topliss-reactive ketones (excluding diaryl/α,β-unsaturated/α-hetero) is 1. The predicted molar refractivity (Wildman–Crippen MR) is 105 cm³/mol. The second kappa shape index (κ2) is 6.21. The van der Waals surface area contributed by atoms with Gasteiger partial charge in [-0.05, 0) is 67.3 Å². The Bertz CT molecular complexity index is 906. The second-order valence-corrected chi connectivity index (χ2v) is 9.36. The SMILES string of the molecule is O=C1c2ccc(-c3nn[nH]n3)cc2[C@]23CCCC[C@H]2[C@H]1N(CC1CCC1)CC3. The molecule has 28 heavy (non-hydrogen) atoms. The number of aromatic nitrogens is 4. The number of piperidine rings is 1. The molecule has 0 unspecified atom stereocenters. The van der Waals surface area contributed by atoms with Gasteiger partial charge in [-0.25, -0.2) is 0 Å². The van der Waals surface area contributed by atoms with Crippen molar-refractivity contribution in [3.05, 3.63) is 29.3 Å². The maximum atomic E-state index is 13.7. The van der Waals surface area contributed by atoms with Crippen molar-refractivity contribution < 1.29 is 4.79 Å². The summed E-state index contributed by atoms with van der Waals surface area (Å²) in [4.78, 5) is 16.2. The monoisotopic (exact) mass is 377 g/mol. The Labute approximate surface area is 165 Å². The van der Waals surface area contributed by atoms with Gasteiger partial charge < -0.3 is 0 Å². The van der Waals surface area contributed by atoms with Gasteiger partial charge in [0.1, 0.15) is 0 Å². The number of tetrazole rings is 1. The van der Waals surface area contributed by atoms with Gasteiger partial charge in [-0.15, -0.1) is 10.2 Å². The average molecular weight is 377 g/mol. The summed E-state index contributed by atoms with van der Waals surface area (Å²) in [6, 6.07) is 6.33. The third kappa shape index (κ3) is 2.30. The average Bonchev–Trinajstić information content (AvgIpc) is 3.23. The molecule has 1 aliphatic heterocycles. The molecule has 1 N–H and O–H groups in total. The summed E-state index contributed by atoms with van der Waals surface area (Å²) >= 11 is 0. The van der Waals surface area contributed by atoms with Crippen molar-refractivity contribution in [1.29, 1.82) is 0 Å². The molecular formula is C22H27N5O. The molecule has 1 aromatic heterocycles. The number of carbonyl (C=O) groups is 1. The Balaban J connectivity index is 1.45. The number of hydrogen-bond acceptors (Lipinski definition) is 5. The van der Waals surface area contributed by atoms with Crippen molar-refractivity contribution >= 4 is 5.78 Å². The molecule has 6 nitrogen and oxygen atoms in total. The molecule has 6 rings (SSSR count). The van der Waals surface area contributed by atoms with Crippen LogP contribution in [0.15, 0.2) is 18.2 Å². The van der Waals surface area contributed by atoms with E-state index in [9.17, 15) is 4.79 Å². The molecule has 1 saturated heterocycles. The van der Waals surface area contributed by atoms with E-state index in [1.807, 2.05) is 12.1 Å². The first-order valence-electron chi connectivity index (χ1n) is 10.9. The van der Waals surface area contributed by atoms with E-state index < -0.39 is 0 Å². The van der Waals surface area contributed by atoms with Crippen LogP contribution in [-0.2, 0) is 5.41 Å². The summed E-state index contributed by atoms with van der Waals surface area (Å²) in [5.74, 6) is 2.25. The molecule has 3 fully saturated rings. The summed E-state index contributed by atoms with van der Waals surface area (Å²) in [5.41, 5.74) is 3.34. The fourth-order valence-electron chi connectivity index (χ4n) is 6.56. The van der Waals surface area contributed by atoms with E-state index >= 15 is 0 Å². The van der Waals surface area contributed by atoms with Crippen LogP contribution < -0.4 is 0 Å². The number of rotatable bonds is 3. The lowest BCUT2D eigenvalue weighted by Crippen LogP contribution is -2.64. The molecule has 2 saturated carbocycles. The van der Waals surface area contributed by atoms with Crippen molar-refractivity contribution in [1.82, 2.24) is 25.5 Å². The van der Waals surface area contributed by atoms with Crippen LogP contribution >= 0.6 is 0 Å². The molecule has 3 atom stereocenters. The van der Waals surface area contributed by atoms with Gasteiger partial charge in [-0.3, -0.25) is 9.69 Å². The zero-order valence-electron chi connectivity index (χ0n) is 16.2. The number of benzene rings is 1. The van der Waals surface area contributed by atoms with E-state index in [1.165, 1.54) is 56.9 Å². The van der Waals surface area contributed by atoms with Crippen LogP contribution in [0.3, 0.4) is 0 Å². The highest BCUT2D eigenvalue weighted by molar-refractivity contribution is 6.04. The highest BCUT2D eigenvalue weighted by Gasteiger charge is 2.57. The molecule has 3 aliphatic carbocycles. The van der Waals surface area contributed by atoms with Crippen LogP contribution in [0, 0.1) is 11.8 Å². The molecule has 146 valence electrons. The fourth-order valence-corrected chi connectivity index (χ4v) is 6.56. The summed E-state index contributed by atoms with van der Waals surface area (Å²) in [6.45, 7) is 2.19. The highest BCUT2D eigenvalue weighted by atomic mass is 16.1. The van der Waals surface area contributed by atoms with Crippen molar-refractivity contribution in [3.8, 4) is 11.4 Å². The van der Waals surface area contributed by atoms with Crippen molar-refractivity contribution in [2.24, 2.45) is 11.8 Å². The Morgan fingerprint density at radius 2 is 2.07 bits per heavy atom. The number of likely N-dealkylation sites (tertiary alicyclic amines) is 1. The number of H-pyrrole nitrogens is 1. The number of hydrogen-bond donors (Lipinski definition) is 1. The first kappa shape index (κ1) is 16.8. The molecule has 2 heterocycles. The normalized spacial score (nSPS) is 32.5. The van der Waals surface area contributed by atoms with Crippen LogP contribution in [0.1, 0.15) is 67.3 Å². The quantitative estimate of drug-likeness (QED) is 0.888. The van der Waals surface area contributed by atoms with E-state index in [0.29, 0.717) is 17.5 Å². The smallest absolute Gasteiger partial charge is 0.204 e. The van der Waals surface area contributed by atoms with Crippen LogP contribution in [0.2, 0.25) is 0 Å². The fraction of sp³-hybridized carbons (Fsp3) is 0.636. The van der Waals surface area contributed by atoms with Crippen LogP contribution in [0.25, 0.3) is 11.4 Å². The number of nitrogens with one attached hydrogen (secondary N) is 1. The lowest BCUT2D eigenvalue weighted by molar-refractivity contribution is -0.0134. The van der Waals surface area contributed by atoms with Crippen molar-refractivity contribution in [2.45, 2.75) is 62.8 Å². The standard InChI is InChI=1S/C22H27N5O/c28-20-16-8-7-15(21-23-25-26-24-21)12-18(16)22-9-2-1-6-17(22)19(20)27(11-10-22)13-14-4-3-5-14/h7-8,12,14,17,19H,1-6,9-11,13H2,(H,23,24,25,26)/t17-,19+,22-/m0/s1. The van der Waals surface area contributed by atoms with E-state index in [0.717, 1.165) is 30.1 Å². The number of nitrogens with zero attached hydrogens (tertiary/aromatic N) is 4. The number of carbonyl (C=O) groups excluding carboxylic acids is 1. The van der Waals surface area contributed by atoms with Gasteiger partial charge in [0.05, 0.1) is 6.04 Å². The minimum absolute atomic E-state index is 0.0955. The van der Waals surface area contributed by atoms with Gasteiger partial charge in [0.15, 0.2) is 5.78 Å². The van der Waals surface area contributed by atoms with Crippen molar-refractivity contribution in [2.75, 3.05) is 13.1 Å². The molecule has 6 heteroatoms. The first-order chi connectivity index (χ1) is 13.8. The number of fused-ring (bicyclic) bond motifs is 1. The van der Waals surface area contributed by atoms with Crippen LogP contribution in [0.5, 0.6) is 0 Å². The van der Waals surface area contributed by atoms with Gasteiger partial charge in [0.25, 0.3) is 0 Å². The van der Waals surface area contributed by atoms with Crippen molar-refractivity contribution in [3.63, 3.8) is 0 Å². The second-order valence-electron chi connectivity index (χ2n) is 9.36. The highest BCUT2D eigenvalue weighted by Crippen LogP contribution is 2.56. The predicted octanol–water partition coefficient (Wildman–Crippen LogP) is 3.37. The third-order valence-corrected chi connectivity index (χ3v) is 8.13. The summed E-state index contributed by atoms with van der Waals surface area (Å²) < 4.78 is 0. The largest absolute Gasteiger partial charge is 0.293 e. The maximum Gasteiger partial charge on any atom is 0.204 e. The minimum atomic E-state index is 0.0955. The van der Waals surface area contributed by atoms with E-state index in [1.54, 1.807) is 0 Å².